The maximum Gasteiger partial charge on any atom is 0.251 e. The maximum absolute atomic E-state index is 13.1. The van der Waals surface area contributed by atoms with Gasteiger partial charge in [-0.3, -0.25) is 14.5 Å². The number of imidazole rings is 1. The molecule has 1 N–H and O–H groups in total. The summed E-state index contributed by atoms with van der Waals surface area (Å²) >= 11 is 6.21. The van der Waals surface area contributed by atoms with Crippen molar-refractivity contribution >= 4 is 40.1 Å². The quantitative estimate of drug-likeness (QED) is 0.647. The summed E-state index contributed by atoms with van der Waals surface area (Å²) in [6, 6.07) is 13.0. The van der Waals surface area contributed by atoms with Crippen LogP contribution in [0.1, 0.15) is 36.6 Å². The number of imide groups is 1. The Bertz CT molecular complexity index is 1100. The Morgan fingerprint density at radius 1 is 1.10 bits per heavy atom. The number of amides is 2. The lowest BCUT2D eigenvalue weighted by molar-refractivity contribution is -0.123. The second-order valence-electron chi connectivity index (χ2n) is 8.17. The maximum atomic E-state index is 13.1. The summed E-state index contributed by atoms with van der Waals surface area (Å²) in [5, 5.41) is 0.559. The third-order valence-electron chi connectivity index (χ3n) is 6.30. The van der Waals surface area contributed by atoms with E-state index in [4.69, 9.17) is 16.6 Å². The van der Waals surface area contributed by atoms with Gasteiger partial charge in [0, 0.05) is 10.9 Å². The molecule has 0 aliphatic carbocycles. The number of hydrogen-bond donors (Lipinski definition) is 1. The van der Waals surface area contributed by atoms with E-state index >= 15 is 0 Å². The van der Waals surface area contributed by atoms with Gasteiger partial charge in [0.05, 0.1) is 29.2 Å². The molecule has 2 aliphatic heterocycles. The minimum Gasteiger partial charge on any atom is -0.342 e. The molecule has 6 nitrogen and oxygen atoms in total. The van der Waals surface area contributed by atoms with Crippen LogP contribution in [0.3, 0.4) is 0 Å². The van der Waals surface area contributed by atoms with Crippen LogP contribution < -0.4 is 4.90 Å². The molecule has 2 fully saturated rings. The molecule has 2 aromatic carbocycles. The van der Waals surface area contributed by atoms with Gasteiger partial charge in [-0.2, -0.15) is 0 Å². The second-order valence-corrected chi connectivity index (χ2v) is 8.58. The normalized spacial score (nSPS) is 21.1. The number of nitrogens with zero attached hydrogens (tertiary/aromatic N) is 3. The first-order valence-electron chi connectivity index (χ1n) is 10.3. The number of nitrogens with one attached hydrogen (secondary N) is 1. The number of rotatable bonds is 3. The van der Waals surface area contributed by atoms with Crippen LogP contribution >= 0.6 is 11.6 Å². The summed E-state index contributed by atoms with van der Waals surface area (Å²) < 4.78 is 0. The number of H-pyrrole nitrogens is 1. The molecule has 2 aliphatic rings. The highest BCUT2D eigenvalue weighted by atomic mass is 35.5. The molecule has 0 spiro atoms. The molecule has 5 rings (SSSR count). The number of anilines is 1. The largest absolute Gasteiger partial charge is 0.342 e. The molecule has 3 heterocycles. The minimum absolute atomic E-state index is 0.151. The molecule has 3 aromatic rings. The second kappa shape index (κ2) is 7.52. The zero-order valence-corrected chi connectivity index (χ0v) is 17.5. The van der Waals surface area contributed by atoms with Crippen molar-refractivity contribution in [2.75, 3.05) is 18.0 Å². The predicted molar refractivity (Wildman–Crippen MR) is 117 cm³/mol. The van der Waals surface area contributed by atoms with Gasteiger partial charge in [0.2, 0.25) is 5.91 Å². The zero-order valence-electron chi connectivity index (χ0n) is 16.8. The predicted octanol–water partition coefficient (Wildman–Crippen LogP) is 4.04. The molecule has 0 saturated carbocycles. The van der Waals surface area contributed by atoms with Crippen molar-refractivity contribution in [1.82, 2.24) is 14.9 Å². The number of piperidine rings is 1. The van der Waals surface area contributed by atoms with Crippen molar-refractivity contribution in [1.29, 1.82) is 0 Å². The van der Waals surface area contributed by atoms with Crippen LogP contribution in [0.15, 0.2) is 42.5 Å². The molecule has 0 unspecified atom stereocenters. The van der Waals surface area contributed by atoms with Crippen LogP contribution in [0.2, 0.25) is 5.02 Å². The number of likely N-dealkylation sites (tertiary alicyclic amines) is 1. The van der Waals surface area contributed by atoms with Crippen molar-refractivity contribution in [3.05, 3.63) is 58.9 Å². The van der Waals surface area contributed by atoms with E-state index in [-0.39, 0.29) is 18.2 Å². The van der Waals surface area contributed by atoms with Crippen LogP contribution in [0.4, 0.5) is 5.69 Å². The summed E-state index contributed by atoms with van der Waals surface area (Å²) in [4.78, 5) is 37.3. The SMILES string of the molecule is Cc1ccc(N2C(=O)C[C@@H](N3CCC(c4nc5ccccc5[nH]4)CC3)C2=O)cc1Cl. The van der Waals surface area contributed by atoms with Crippen molar-refractivity contribution in [3.63, 3.8) is 0 Å². The molecule has 154 valence electrons. The lowest BCUT2D eigenvalue weighted by Crippen LogP contribution is -2.45. The van der Waals surface area contributed by atoms with Crippen molar-refractivity contribution in [2.24, 2.45) is 0 Å². The lowest BCUT2D eigenvalue weighted by atomic mass is 9.95. The van der Waals surface area contributed by atoms with Gasteiger partial charge in [-0.25, -0.2) is 9.88 Å². The number of halogens is 1. The van der Waals surface area contributed by atoms with E-state index in [1.165, 1.54) is 4.90 Å². The van der Waals surface area contributed by atoms with Gasteiger partial charge in [-0.1, -0.05) is 29.8 Å². The van der Waals surface area contributed by atoms with E-state index < -0.39 is 6.04 Å². The van der Waals surface area contributed by atoms with Gasteiger partial charge in [0.25, 0.3) is 5.91 Å². The van der Waals surface area contributed by atoms with E-state index in [9.17, 15) is 9.59 Å². The number of carbonyl (C=O) groups is 2. The highest BCUT2D eigenvalue weighted by Gasteiger charge is 2.43. The first-order valence-corrected chi connectivity index (χ1v) is 10.7. The topological polar surface area (TPSA) is 69.3 Å². The van der Waals surface area contributed by atoms with Gasteiger partial charge >= 0.3 is 0 Å². The van der Waals surface area contributed by atoms with E-state index in [2.05, 4.69) is 9.88 Å². The fraction of sp³-hybridized carbons (Fsp3) is 0.348. The molecule has 2 amide bonds. The van der Waals surface area contributed by atoms with E-state index in [0.717, 1.165) is 48.4 Å². The molecule has 1 aromatic heterocycles. The van der Waals surface area contributed by atoms with Crippen LogP contribution in [-0.2, 0) is 9.59 Å². The summed E-state index contributed by atoms with van der Waals surface area (Å²) in [6.45, 7) is 3.44. The number of para-hydroxylation sites is 2. The Morgan fingerprint density at radius 2 is 1.87 bits per heavy atom. The molecule has 7 heteroatoms. The fourth-order valence-corrected chi connectivity index (χ4v) is 4.72. The molecule has 2 saturated heterocycles. The van der Waals surface area contributed by atoms with Gasteiger partial charge < -0.3 is 4.98 Å². The number of aryl methyl sites for hydroxylation is 1. The number of carbonyl (C=O) groups excluding carboxylic acids is 2. The van der Waals surface area contributed by atoms with Crippen LogP contribution in [-0.4, -0.2) is 45.8 Å². The molecule has 1 atom stereocenters. The van der Waals surface area contributed by atoms with Crippen LogP contribution in [0.25, 0.3) is 11.0 Å². The monoisotopic (exact) mass is 422 g/mol. The molecule has 0 radical (unpaired) electrons. The third kappa shape index (κ3) is 3.30. The Morgan fingerprint density at radius 3 is 2.60 bits per heavy atom. The number of aromatic nitrogens is 2. The minimum atomic E-state index is -0.394. The summed E-state index contributed by atoms with van der Waals surface area (Å²) in [7, 11) is 0. The number of benzene rings is 2. The molecular weight excluding hydrogens is 400 g/mol. The smallest absolute Gasteiger partial charge is 0.251 e. The number of aromatic amines is 1. The zero-order chi connectivity index (χ0) is 20.8. The van der Waals surface area contributed by atoms with E-state index in [1.807, 2.05) is 37.3 Å². The average Bonchev–Trinajstić information content (AvgIpc) is 3.31. The molecule has 30 heavy (non-hydrogen) atoms. The Hall–Kier alpha value is -2.70. The first-order chi connectivity index (χ1) is 14.5. The Balaban J connectivity index is 1.28. The summed E-state index contributed by atoms with van der Waals surface area (Å²) in [5.74, 6) is 1.04. The van der Waals surface area contributed by atoms with Gasteiger partial charge in [-0.15, -0.1) is 0 Å². The van der Waals surface area contributed by atoms with E-state index in [1.54, 1.807) is 12.1 Å². The Labute approximate surface area is 179 Å². The average molecular weight is 423 g/mol. The highest BCUT2D eigenvalue weighted by molar-refractivity contribution is 6.32. The summed E-state index contributed by atoms with van der Waals surface area (Å²) in [6.07, 6.45) is 2.04. The van der Waals surface area contributed by atoms with Crippen LogP contribution in [0.5, 0.6) is 0 Å². The lowest BCUT2D eigenvalue weighted by Gasteiger charge is -2.34. The summed E-state index contributed by atoms with van der Waals surface area (Å²) in [5.41, 5.74) is 3.52. The molecule has 0 bridgehead atoms. The van der Waals surface area contributed by atoms with Crippen molar-refractivity contribution in [3.8, 4) is 0 Å². The van der Waals surface area contributed by atoms with Crippen molar-refractivity contribution < 1.29 is 9.59 Å². The first kappa shape index (κ1) is 19.3. The third-order valence-corrected chi connectivity index (χ3v) is 6.71. The van der Waals surface area contributed by atoms with Crippen LogP contribution in [0, 0.1) is 6.92 Å². The van der Waals surface area contributed by atoms with E-state index in [0.29, 0.717) is 16.6 Å². The van der Waals surface area contributed by atoms with Gasteiger partial charge in [0.1, 0.15) is 5.82 Å². The van der Waals surface area contributed by atoms with Gasteiger partial charge in [0.15, 0.2) is 0 Å². The Kier molecular flexibility index (Phi) is 4.83. The molecular formula is C23H23ClN4O2. The fourth-order valence-electron chi connectivity index (χ4n) is 4.54. The van der Waals surface area contributed by atoms with Gasteiger partial charge in [-0.05, 0) is 62.7 Å². The number of fused-ring (bicyclic) bond motifs is 1. The number of hydrogen-bond acceptors (Lipinski definition) is 4. The standard InChI is InChI=1S/C23H23ClN4O2/c1-14-6-7-16(12-17(14)24)28-21(29)13-20(23(28)30)27-10-8-15(9-11-27)22-25-18-4-2-3-5-19(18)26-22/h2-7,12,15,20H,8-11,13H2,1H3,(H,25,26)/t20-/m1/s1. The van der Waals surface area contributed by atoms with Crippen molar-refractivity contribution in [2.45, 2.75) is 38.1 Å². The highest BCUT2D eigenvalue weighted by Crippen LogP contribution is 2.33.